The van der Waals surface area contributed by atoms with E-state index in [-0.39, 0.29) is 0 Å². The average molecular weight is 168 g/mol. The largest absolute Gasteiger partial charge is 0.466 e. The van der Waals surface area contributed by atoms with Gasteiger partial charge >= 0.3 is 0 Å². The lowest BCUT2D eigenvalue weighted by Crippen LogP contribution is -2.21. The molecule has 0 unspecified atom stereocenters. The Balaban J connectivity index is 2.45. The van der Waals surface area contributed by atoms with Crippen LogP contribution in [0.1, 0.15) is 17.1 Å². The molecule has 3 nitrogen and oxygen atoms in total. The van der Waals surface area contributed by atoms with Crippen molar-refractivity contribution in [1.29, 1.82) is 0 Å². The van der Waals surface area contributed by atoms with Crippen LogP contribution < -0.4 is 11.1 Å². The lowest BCUT2D eigenvalue weighted by molar-refractivity contribution is 0.499. The quantitative estimate of drug-likeness (QED) is 0.658. The molecule has 12 heavy (non-hydrogen) atoms. The van der Waals surface area contributed by atoms with E-state index in [2.05, 4.69) is 11.4 Å². The van der Waals surface area contributed by atoms with Crippen molar-refractivity contribution in [2.45, 2.75) is 20.4 Å². The SMILES string of the molecule is Cc1cc(CNCCN)c(C)o1. The summed E-state index contributed by atoms with van der Waals surface area (Å²) in [5.41, 5.74) is 6.57. The highest BCUT2D eigenvalue weighted by Crippen LogP contribution is 2.12. The zero-order valence-electron chi connectivity index (χ0n) is 7.68. The molecule has 0 saturated heterocycles. The molecule has 0 aliphatic carbocycles. The van der Waals surface area contributed by atoms with E-state index in [4.69, 9.17) is 10.2 Å². The fraction of sp³-hybridized carbons (Fsp3) is 0.556. The number of nitrogens with two attached hydrogens (primary N) is 1. The van der Waals surface area contributed by atoms with Crippen molar-refractivity contribution in [3.8, 4) is 0 Å². The number of nitrogens with one attached hydrogen (secondary N) is 1. The Hall–Kier alpha value is -0.800. The number of rotatable bonds is 4. The highest BCUT2D eigenvalue weighted by Gasteiger charge is 2.02. The van der Waals surface area contributed by atoms with Gasteiger partial charge in [-0.25, -0.2) is 0 Å². The second-order valence-electron chi connectivity index (χ2n) is 2.90. The van der Waals surface area contributed by atoms with Gasteiger partial charge in [0.15, 0.2) is 0 Å². The van der Waals surface area contributed by atoms with Gasteiger partial charge in [-0.1, -0.05) is 0 Å². The molecule has 3 heteroatoms. The van der Waals surface area contributed by atoms with Crippen LogP contribution in [0.2, 0.25) is 0 Å². The molecule has 0 aliphatic heterocycles. The first kappa shape index (κ1) is 9.29. The summed E-state index contributed by atoms with van der Waals surface area (Å²) in [5.74, 6) is 1.97. The van der Waals surface area contributed by atoms with Crippen LogP contribution in [0.3, 0.4) is 0 Å². The molecule has 0 aliphatic rings. The van der Waals surface area contributed by atoms with E-state index in [9.17, 15) is 0 Å². The first-order valence-electron chi connectivity index (χ1n) is 4.20. The molecule has 1 heterocycles. The molecule has 0 saturated carbocycles. The zero-order valence-corrected chi connectivity index (χ0v) is 7.68. The number of aryl methyl sites for hydroxylation is 2. The van der Waals surface area contributed by atoms with E-state index in [1.807, 2.05) is 13.8 Å². The maximum Gasteiger partial charge on any atom is 0.105 e. The molecule has 0 aromatic carbocycles. The molecule has 1 aromatic rings. The Kier molecular flexibility index (Phi) is 3.31. The fourth-order valence-corrected chi connectivity index (χ4v) is 1.18. The maximum atomic E-state index is 5.37. The molecular weight excluding hydrogens is 152 g/mol. The zero-order chi connectivity index (χ0) is 8.97. The highest BCUT2D eigenvalue weighted by atomic mass is 16.3. The Bertz CT molecular complexity index is 243. The number of furan rings is 1. The van der Waals surface area contributed by atoms with Gasteiger partial charge in [0.25, 0.3) is 0 Å². The molecule has 68 valence electrons. The number of hydrogen-bond acceptors (Lipinski definition) is 3. The van der Waals surface area contributed by atoms with E-state index in [0.29, 0.717) is 6.54 Å². The minimum absolute atomic E-state index is 0.676. The van der Waals surface area contributed by atoms with Crippen LogP contribution in [-0.4, -0.2) is 13.1 Å². The molecule has 0 spiro atoms. The summed E-state index contributed by atoms with van der Waals surface area (Å²) in [6, 6.07) is 2.05. The molecular formula is C9H16N2O. The van der Waals surface area contributed by atoms with Crippen molar-refractivity contribution < 1.29 is 4.42 Å². The maximum absolute atomic E-state index is 5.37. The molecule has 3 N–H and O–H groups in total. The minimum atomic E-state index is 0.676. The van der Waals surface area contributed by atoms with E-state index >= 15 is 0 Å². The lowest BCUT2D eigenvalue weighted by atomic mass is 10.2. The van der Waals surface area contributed by atoms with Crippen molar-refractivity contribution in [2.75, 3.05) is 13.1 Å². The van der Waals surface area contributed by atoms with Crippen LogP contribution in [0.5, 0.6) is 0 Å². The molecule has 0 atom stereocenters. The molecule has 1 aromatic heterocycles. The Labute approximate surface area is 72.9 Å². The smallest absolute Gasteiger partial charge is 0.105 e. The summed E-state index contributed by atoms with van der Waals surface area (Å²) in [4.78, 5) is 0. The van der Waals surface area contributed by atoms with Crippen LogP contribution >= 0.6 is 0 Å². The van der Waals surface area contributed by atoms with Crippen LogP contribution in [0.15, 0.2) is 10.5 Å². The van der Waals surface area contributed by atoms with Gasteiger partial charge < -0.3 is 15.5 Å². The van der Waals surface area contributed by atoms with Gasteiger partial charge in [-0.15, -0.1) is 0 Å². The summed E-state index contributed by atoms with van der Waals surface area (Å²) in [5, 5.41) is 3.22. The predicted molar refractivity (Wildman–Crippen MR) is 48.9 cm³/mol. The van der Waals surface area contributed by atoms with Gasteiger partial charge in [0.05, 0.1) is 0 Å². The van der Waals surface area contributed by atoms with Crippen LogP contribution in [0, 0.1) is 13.8 Å². The third kappa shape index (κ3) is 2.36. The summed E-state index contributed by atoms with van der Waals surface area (Å²) in [7, 11) is 0. The van der Waals surface area contributed by atoms with Crippen molar-refractivity contribution in [2.24, 2.45) is 5.73 Å². The van der Waals surface area contributed by atoms with Gasteiger partial charge in [-0.05, 0) is 19.9 Å². The minimum Gasteiger partial charge on any atom is -0.466 e. The summed E-state index contributed by atoms with van der Waals surface area (Å²) in [6.07, 6.45) is 0. The fourth-order valence-electron chi connectivity index (χ4n) is 1.18. The number of hydrogen-bond donors (Lipinski definition) is 2. The van der Waals surface area contributed by atoms with Crippen LogP contribution in [-0.2, 0) is 6.54 Å². The van der Waals surface area contributed by atoms with E-state index < -0.39 is 0 Å². The van der Waals surface area contributed by atoms with E-state index in [1.165, 1.54) is 5.56 Å². The summed E-state index contributed by atoms with van der Waals surface area (Å²) in [6.45, 7) is 6.31. The normalized spacial score (nSPS) is 10.6. The first-order chi connectivity index (χ1) is 5.74. The summed E-state index contributed by atoms with van der Waals surface area (Å²) >= 11 is 0. The molecule has 0 fully saturated rings. The molecule has 0 radical (unpaired) electrons. The third-order valence-electron chi connectivity index (χ3n) is 1.78. The topological polar surface area (TPSA) is 51.2 Å². The Morgan fingerprint density at radius 1 is 1.50 bits per heavy atom. The summed E-state index contributed by atoms with van der Waals surface area (Å²) < 4.78 is 5.37. The van der Waals surface area contributed by atoms with E-state index in [1.54, 1.807) is 0 Å². The van der Waals surface area contributed by atoms with Gasteiger partial charge in [-0.3, -0.25) is 0 Å². The van der Waals surface area contributed by atoms with E-state index in [0.717, 1.165) is 24.6 Å². The van der Waals surface area contributed by atoms with Gasteiger partial charge in [0.2, 0.25) is 0 Å². The third-order valence-corrected chi connectivity index (χ3v) is 1.78. The standard InChI is InChI=1S/C9H16N2O/c1-7-5-9(8(2)12-7)6-11-4-3-10/h5,11H,3-4,6,10H2,1-2H3. The van der Waals surface area contributed by atoms with Crippen LogP contribution in [0.4, 0.5) is 0 Å². The van der Waals surface area contributed by atoms with Gasteiger partial charge in [0, 0.05) is 25.2 Å². The van der Waals surface area contributed by atoms with Crippen molar-refractivity contribution in [1.82, 2.24) is 5.32 Å². The van der Waals surface area contributed by atoms with Gasteiger partial charge in [-0.2, -0.15) is 0 Å². The second-order valence-corrected chi connectivity index (χ2v) is 2.90. The molecule has 0 amide bonds. The average Bonchev–Trinajstić information content (AvgIpc) is 2.31. The molecule has 1 rings (SSSR count). The second kappa shape index (κ2) is 4.28. The first-order valence-corrected chi connectivity index (χ1v) is 4.20. The lowest BCUT2D eigenvalue weighted by Gasteiger charge is -1.99. The van der Waals surface area contributed by atoms with Crippen molar-refractivity contribution >= 4 is 0 Å². The monoisotopic (exact) mass is 168 g/mol. The van der Waals surface area contributed by atoms with Crippen LogP contribution in [0.25, 0.3) is 0 Å². The predicted octanol–water partition coefficient (Wildman–Crippen LogP) is 0.945. The highest BCUT2D eigenvalue weighted by molar-refractivity contribution is 5.19. The van der Waals surface area contributed by atoms with Gasteiger partial charge in [0.1, 0.15) is 11.5 Å². The Morgan fingerprint density at radius 3 is 2.75 bits per heavy atom. The van der Waals surface area contributed by atoms with Crippen molar-refractivity contribution in [3.63, 3.8) is 0 Å². The Morgan fingerprint density at radius 2 is 2.25 bits per heavy atom. The van der Waals surface area contributed by atoms with Crippen molar-refractivity contribution in [3.05, 3.63) is 23.2 Å². The molecule has 0 bridgehead atoms.